The highest BCUT2D eigenvalue weighted by molar-refractivity contribution is 7.97. The van der Waals surface area contributed by atoms with Crippen molar-refractivity contribution >= 4 is 55.5 Å². The van der Waals surface area contributed by atoms with Crippen molar-refractivity contribution < 1.29 is 4.42 Å². The third-order valence-corrected chi connectivity index (χ3v) is 9.81. The van der Waals surface area contributed by atoms with Crippen molar-refractivity contribution in [2.24, 2.45) is 0 Å². The molecular weight excluding hydrogens is 545 g/mol. The minimum absolute atomic E-state index is 0.678. The maximum atomic E-state index is 9.57. The van der Waals surface area contributed by atoms with Crippen molar-refractivity contribution in [3.8, 4) is 34.0 Å². The molecule has 9 rings (SSSR count). The summed E-state index contributed by atoms with van der Waals surface area (Å²) in [6, 6.07) is 45.4. The lowest BCUT2D eigenvalue weighted by Gasteiger charge is -2.15. The zero-order valence-electron chi connectivity index (χ0n) is 23.2. The first-order valence-electron chi connectivity index (χ1n) is 14.4. The van der Waals surface area contributed by atoms with Crippen LogP contribution in [0.25, 0.3) is 71.7 Å². The van der Waals surface area contributed by atoms with Gasteiger partial charge in [-0.2, -0.15) is 17.0 Å². The second-order valence-electron chi connectivity index (χ2n) is 11.2. The first-order valence-corrected chi connectivity index (χ1v) is 15.6. The average molecular weight is 569 g/mol. The van der Waals surface area contributed by atoms with Crippen LogP contribution in [0.5, 0.6) is 0 Å². The van der Waals surface area contributed by atoms with Gasteiger partial charge in [0, 0.05) is 38.7 Å². The van der Waals surface area contributed by atoms with Crippen molar-refractivity contribution in [2.45, 2.75) is 11.5 Å². The summed E-state index contributed by atoms with van der Waals surface area (Å²) >= 11 is 1.97. The molecule has 0 N–H and O–H groups in total. The van der Waals surface area contributed by atoms with Gasteiger partial charge in [0.05, 0.1) is 22.7 Å². The predicted molar refractivity (Wildman–Crippen MR) is 179 cm³/mol. The van der Waals surface area contributed by atoms with E-state index in [4.69, 9.17) is 4.42 Å². The number of thioether (sulfide) groups is 1. The van der Waals surface area contributed by atoms with E-state index in [0.717, 1.165) is 60.9 Å². The van der Waals surface area contributed by atoms with Crippen molar-refractivity contribution in [2.75, 3.05) is 0 Å². The predicted octanol–water partition coefficient (Wildman–Crippen LogP) is 10.6. The van der Waals surface area contributed by atoms with Gasteiger partial charge in [-0.15, -0.1) is 0 Å². The maximum Gasteiger partial charge on any atom is 0.135 e. The van der Waals surface area contributed by atoms with Crippen molar-refractivity contribution in [1.82, 2.24) is 4.57 Å². The second-order valence-corrected chi connectivity index (χ2v) is 12.2. The number of nitriles is 1. The van der Waals surface area contributed by atoms with Crippen LogP contribution in [0.15, 0.2) is 126 Å². The Kier molecular flexibility index (Phi) is 5.32. The van der Waals surface area contributed by atoms with Crippen LogP contribution >= 0.6 is 11.8 Å². The summed E-state index contributed by atoms with van der Waals surface area (Å²) in [5.41, 5.74) is 13.6. The Labute approximate surface area is 252 Å². The molecule has 0 fully saturated rings. The molecule has 3 nitrogen and oxygen atoms in total. The molecule has 1 aliphatic rings. The normalized spacial score (nSPS) is 12.8. The molecule has 2 aromatic heterocycles. The number of benzene rings is 6. The number of hydrogen-bond acceptors (Lipinski definition) is 3. The molecule has 0 unspecified atom stereocenters. The summed E-state index contributed by atoms with van der Waals surface area (Å²) in [4.78, 5) is 0. The van der Waals surface area contributed by atoms with Gasteiger partial charge in [-0.1, -0.05) is 60.7 Å². The zero-order chi connectivity index (χ0) is 28.5. The standard InChI is InChI=1S/C39H24N2OS/c40-21-24-9-15-37-34(17-24)30-5-1-3-7-36(30)41(37)29-14-12-28-23-43-22-27-11-10-25(18-32(27)33(28)20-29)26-13-16-39-35(19-26)31-6-2-4-8-38(31)42-39/h1-20H,22-23H2. The quantitative estimate of drug-likeness (QED) is 0.208. The molecule has 8 aromatic rings. The smallest absolute Gasteiger partial charge is 0.135 e. The van der Waals surface area contributed by atoms with Crippen LogP contribution in [0.4, 0.5) is 0 Å². The molecule has 202 valence electrons. The molecule has 0 saturated carbocycles. The Bertz CT molecular complexity index is 2460. The second kappa shape index (κ2) is 9.39. The Morgan fingerprint density at radius 3 is 2.16 bits per heavy atom. The highest BCUT2D eigenvalue weighted by Gasteiger charge is 2.19. The van der Waals surface area contributed by atoms with E-state index in [1.165, 1.54) is 33.4 Å². The number of fused-ring (bicyclic) bond motifs is 9. The van der Waals surface area contributed by atoms with E-state index in [2.05, 4.69) is 108 Å². The minimum Gasteiger partial charge on any atom is -0.456 e. The number of furan rings is 1. The molecule has 0 amide bonds. The average Bonchev–Trinajstić information content (AvgIpc) is 3.53. The molecule has 0 aliphatic carbocycles. The summed E-state index contributed by atoms with van der Waals surface area (Å²) < 4.78 is 8.44. The van der Waals surface area contributed by atoms with Crippen molar-refractivity contribution in [3.05, 3.63) is 138 Å². The Morgan fingerprint density at radius 2 is 1.28 bits per heavy atom. The van der Waals surface area contributed by atoms with E-state index in [9.17, 15) is 5.26 Å². The van der Waals surface area contributed by atoms with Crippen LogP contribution in [0.3, 0.4) is 0 Å². The maximum absolute atomic E-state index is 9.57. The zero-order valence-corrected chi connectivity index (χ0v) is 24.0. The Balaban J connectivity index is 1.23. The van der Waals surface area contributed by atoms with E-state index < -0.39 is 0 Å². The Hall–Kier alpha value is -5.24. The highest BCUT2D eigenvalue weighted by Crippen LogP contribution is 2.41. The van der Waals surface area contributed by atoms with Gasteiger partial charge in [-0.05, 0) is 94.0 Å². The van der Waals surface area contributed by atoms with Crippen molar-refractivity contribution in [1.29, 1.82) is 5.26 Å². The molecule has 4 heteroatoms. The number of nitrogens with zero attached hydrogens (tertiary/aromatic N) is 2. The number of para-hydroxylation sites is 2. The lowest BCUT2D eigenvalue weighted by molar-refractivity contribution is 0.669. The molecule has 3 heterocycles. The monoisotopic (exact) mass is 568 g/mol. The van der Waals surface area contributed by atoms with Crippen LogP contribution in [0.2, 0.25) is 0 Å². The molecule has 0 spiro atoms. The number of hydrogen-bond donors (Lipinski definition) is 0. The topological polar surface area (TPSA) is 41.9 Å². The van der Waals surface area contributed by atoms with E-state index in [-0.39, 0.29) is 0 Å². The van der Waals surface area contributed by atoms with E-state index in [0.29, 0.717) is 5.56 Å². The van der Waals surface area contributed by atoms with Crippen LogP contribution < -0.4 is 0 Å². The molecular formula is C39H24N2OS. The van der Waals surface area contributed by atoms with Crippen LogP contribution in [-0.4, -0.2) is 4.57 Å². The SMILES string of the molecule is N#Cc1ccc2c(c1)c1ccccc1n2-c1ccc2c(c1)-c1cc(-c3ccc4oc5ccccc5c4c3)ccc1CSC2. The number of aromatic nitrogens is 1. The summed E-state index contributed by atoms with van der Waals surface area (Å²) in [6.45, 7) is 0. The highest BCUT2D eigenvalue weighted by atomic mass is 32.2. The summed E-state index contributed by atoms with van der Waals surface area (Å²) in [5.74, 6) is 1.96. The van der Waals surface area contributed by atoms with Crippen LogP contribution in [0, 0.1) is 11.3 Å². The van der Waals surface area contributed by atoms with Gasteiger partial charge in [0.2, 0.25) is 0 Å². The van der Waals surface area contributed by atoms with Crippen LogP contribution in [-0.2, 0) is 11.5 Å². The molecule has 43 heavy (non-hydrogen) atoms. The van der Waals surface area contributed by atoms with Gasteiger partial charge in [0.15, 0.2) is 0 Å². The van der Waals surface area contributed by atoms with E-state index in [1.807, 2.05) is 36.0 Å². The molecule has 1 aliphatic heterocycles. The molecule has 0 bridgehead atoms. The molecule has 0 atom stereocenters. The first-order chi connectivity index (χ1) is 21.2. The minimum atomic E-state index is 0.678. The lowest BCUT2D eigenvalue weighted by atomic mass is 9.92. The van der Waals surface area contributed by atoms with Gasteiger partial charge in [0.25, 0.3) is 0 Å². The van der Waals surface area contributed by atoms with Crippen molar-refractivity contribution in [3.63, 3.8) is 0 Å². The van der Waals surface area contributed by atoms with E-state index in [1.54, 1.807) is 0 Å². The van der Waals surface area contributed by atoms with Gasteiger partial charge in [-0.3, -0.25) is 0 Å². The summed E-state index contributed by atoms with van der Waals surface area (Å²) in [5, 5.41) is 14.1. The third kappa shape index (κ3) is 3.75. The van der Waals surface area contributed by atoms with Gasteiger partial charge < -0.3 is 8.98 Å². The summed E-state index contributed by atoms with van der Waals surface area (Å²) in [6.07, 6.45) is 0. The Morgan fingerprint density at radius 1 is 0.581 bits per heavy atom. The fourth-order valence-electron chi connectivity index (χ4n) is 6.71. The summed E-state index contributed by atoms with van der Waals surface area (Å²) in [7, 11) is 0. The fourth-order valence-corrected chi connectivity index (χ4v) is 7.76. The van der Waals surface area contributed by atoms with E-state index >= 15 is 0 Å². The van der Waals surface area contributed by atoms with Crippen LogP contribution in [0.1, 0.15) is 16.7 Å². The molecule has 6 aromatic carbocycles. The third-order valence-electron chi connectivity index (χ3n) is 8.78. The molecule has 0 radical (unpaired) electrons. The fraction of sp³-hybridized carbons (Fsp3) is 0.0513. The largest absolute Gasteiger partial charge is 0.456 e. The van der Waals surface area contributed by atoms with Gasteiger partial charge in [-0.25, -0.2) is 0 Å². The number of rotatable bonds is 2. The van der Waals surface area contributed by atoms with Gasteiger partial charge in [0.1, 0.15) is 11.2 Å². The van der Waals surface area contributed by atoms with Gasteiger partial charge >= 0.3 is 0 Å². The first kappa shape index (κ1) is 24.4. The lowest BCUT2D eigenvalue weighted by Crippen LogP contribution is -1.97. The molecule has 0 saturated heterocycles.